The van der Waals surface area contributed by atoms with Gasteiger partial charge in [-0.1, -0.05) is 25.5 Å². The van der Waals surface area contributed by atoms with Gasteiger partial charge in [0.15, 0.2) is 5.78 Å². The van der Waals surface area contributed by atoms with E-state index in [-0.39, 0.29) is 24.4 Å². The summed E-state index contributed by atoms with van der Waals surface area (Å²) in [5.74, 6) is 0.172. The Morgan fingerprint density at radius 3 is 2.95 bits per heavy atom. The van der Waals surface area contributed by atoms with E-state index in [4.69, 9.17) is 4.74 Å². The van der Waals surface area contributed by atoms with Gasteiger partial charge in [0, 0.05) is 12.5 Å². The lowest BCUT2D eigenvalue weighted by Gasteiger charge is -2.15. The van der Waals surface area contributed by atoms with Gasteiger partial charge in [-0.15, -0.1) is 5.10 Å². The van der Waals surface area contributed by atoms with E-state index in [0.717, 1.165) is 37.9 Å². The quantitative estimate of drug-likeness (QED) is 0.767. The van der Waals surface area contributed by atoms with Crippen LogP contribution in [0.4, 0.5) is 0 Å². The molecule has 19 heavy (non-hydrogen) atoms. The predicted molar refractivity (Wildman–Crippen MR) is 71.8 cm³/mol. The van der Waals surface area contributed by atoms with Crippen molar-refractivity contribution < 1.29 is 9.53 Å². The highest BCUT2D eigenvalue weighted by Crippen LogP contribution is 2.29. The van der Waals surface area contributed by atoms with Gasteiger partial charge in [-0.2, -0.15) is 0 Å². The van der Waals surface area contributed by atoms with Gasteiger partial charge in [-0.25, -0.2) is 4.68 Å². The fraction of sp³-hybridized carbons (Fsp3) is 0.786. The second-order valence-corrected chi connectivity index (χ2v) is 5.40. The number of ether oxygens (including phenoxy) is 1. The number of hydrogen-bond acceptors (Lipinski definition) is 4. The summed E-state index contributed by atoms with van der Waals surface area (Å²) in [6.07, 6.45) is 4.12. The molecule has 0 fully saturated rings. The fourth-order valence-electron chi connectivity index (χ4n) is 2.38. The Morgan fingerprint density at radius 1 is 1.47 bits per heavy atom. The van der Waals surface area contributed by atoms with Crippen LogP contribution in [-0.4, -0.2) is 27.4 Å². The first kappa shape index (κ1) is 14.2. The molecule has 1 aliphatic rings. The zero-order valence-electron chi connectivity index (χ0n) is 12.1. The Bertz CT molecular complexity index is 440. The summed E-state index contributed by atoms with van der Waals surface area (Å²) >= 11 is 0. The van der Waals surface area contributed by atoms with Crippen LogP contribution in [0.2, 0.25) is 0 Å². The molecule has 0 radical (unpaired) electrons. The Hall–Kier alpha value is -1.23. The standard InChI is InChI=1S/C14H23N3O2/c1-4-17-11-7-5-6-8-13(14(11)15-16-17)19-9-12(18)10(2)3/h10,13H,4-9H2,1-3H3. The number of aromatic nitrogens is 3. The van der Waals surface area contributed by atoms with Gasteiger partial charge < -0.3 is 4.74 Å². The summed E-state index contributed by atoms with van der Waals surface area (Å²) in [6, 6.07) is 0. The van der Waals surface area contributed by atoms with Crippen LogP contribution in [0.5, 0.6) is 0 Å². The third-order valence-corrected chi connectivity index (χ3v) is 3.67. The highest BCUT2D eigenvalue weighted by molar-refractivity contribution is 5.81. The maximum Gasteiger partial charge on any atom is 0.161 e. The van der Waals surface area contributed by atoms with Crippen LogP contribution in [0.25, 0.3) is 0 Å². The van der Waals surface area contributed by atoms with Crippen molar-refractivity contribution >= 4 is 5.78 Å². The number of hydrogen-bond donors (Lipinski definition) is 0. The number of carbonyl (C=O) groups excluding carboxylic acids is 1. The lowest BCUT2D eigenvalue weighted by molar-refractivity contribution is -0.128. The Morgan fingerprint density at radius 2 is 2.26 bits per heavy atom. The minimum absolute atomic E-state index is 0.0246. The molecule has 0 bridgehead atoms. The topological polar surface area (TPSA) is 57.0 Å². The SMILES string of the molecule is CCn1nnc2c1CCCCC2OCC(=O)C(C)C. The summed E-state index contributed by atoms with van der Waals surface area (Å²) in [4.78, 5) is 11.7. The van der Waals surface area contributed by atoms with Crippen molar-refractivity contribution in [3.05, 3.63) is 11.4 Å². The summed E-state index contributed by atoms with van der Waals surface area (Å²) in [5, 5.41) is 8.44. The van der Waals surface area contributed by atoms with Crippen LogP contribution < -0.4 is 0 Å². The first-order valence-electron chi connectivity index (χ1n) is 7.20. The third kappa shape index (κ3) is 3.21. The van der Waals surface area contributed by atoms with Gasteiger partial charge in [0.25, 0.3) is 0 Å². The van der Waals surface area contributed by atoms with Crippen LogP contribution >= 0.6 is 0 Å². The second-order valence-electron chi connectivity index (χ2n) is 5.40. The molecule has 5 heteroatoms. The molecule has 5 nitrogen and oxygen atoms in total. The fourth-order valence-corrected chi connectivity index (χ4v) is 2.38. The van der Waals surface area contributed by atoms with E-state index < -0.39 is 0 Å². The van der Waals surface area contributed by atoms with Gasteiger partial charge in [-0.3, -0.25) is 4.79 Å². The monoisotopic (exact) mass is 265 g/mol. The molecule has 1 aliphatic carbocycles. The van der Waals surface area contributed by atoms with Gasteiger partial charge in [0.05, 0.1) is 5.69 Å². The number of rotatable bonds is 5. The van der Waals surface area contributed by atoms with E-state index in [1.165, 1.54) is 5.69 Å². The van der Waals surface area contributed by atoms with Crippen molar-refractivity contribution in [3.63, 3.8) is 0 Å². The highest BCUT2D eigenvalue weighted by Gasteiger charge is 2.25. The molecular formula is C14H23N3O2. The van der Waals surface area contributed by atoms with Crippen molar-refractivity contribution in [1.29, 1.82) is 0 Å². The molecule has 0 aliphatic heterocycles. The molecule has 1 aromatic rings. The molecule has 0 saturated carbocycles. The van der Waals surface area contributed by atoms with Crippen LogP contribution in [0, 0.1) is 5.92 Å². The minimum atomic E-state index is -0.0690. The van der Waals surface area contributed by atoms with E-state index in [9.17, 15) is 4.79 Å². The van der Waals surface area contributed by atoms with Crippen molar-refractivity contribution in [2.75, 3.05) is 6.61 Å². The normalized spacial score (nSPS) is 19.3. The van der Waals surface area contributed by atoms with E-state index in [1.54, 1.807) is 0 Å². The maximum atomic E-state index is 11.7. The molecule has 0 saturated heterocycles. The number of carbonyl (C=O) groups is 1. The van der Waals surface area contributed by atoms with Crippen molar-refractivity contribution in [2.24, 2.45) is 5.92 Å². The Balaban J connectivity index is 2.09. The largest absolute Gasteiger partial charge is 0.364 e. The summed E-state index contributed by atoms with van der Waals surface area (Å²) < 4.78 is 7.75. The zero-order chi connectivity index (χ0) is 13.8. The van der Waals surface area contributed by atoms with Crippen molar-refractivity contribution in [2.45, 2.75) is 59.1 Å². The molecule has 106 valence electrons. The molecule has 1 unspecified atom stereocenters. The summed E-state index contributed by atoms with van der Waals surface area (Å²) in [6.45, 7) is 6.88. The second kappa shape index (κ2) is 6.28. The first-order valence-corrected chi connectivity index (χ1v) is 7.20. The lowest BCUT2D eigenvalue weighted by Crippen LogP contribution is -2.18. The van der Waals surface area contributed by atoms with Crippen LogP contribution in [0.3, 0.4) is 0 Å². The molecule has 1 heterocycles. The molecule has 0 amide bonds. The number of Topliss-reactive ketones (excluding diaryl/α,β-unsaturated/α-hetero) is 1. The van der Waals surface area contributed by atoms with E-state index in [0.29, 0.717) is 0 Å². The van der Waals surface area contributed by atoms with Gasteiger partial charge >= 0.3 is 0 Å². The van der Waals surface area contributed by atoms with Crippen LogP contribution in [0.1, 0.15) is 57.5 Å². The summed E-state index contributed by atoms with van der Waals surface area (Å²) in [7, 11) is 0. The summed E-state index contributed by atoms with van der Waals surface area (Å²) in [5.41, 5.74) is 2.12. The van der Waals surface area contributed by atoms with Gasteiger partial charge in [0.2, 0.25) is 0 Å². The number of nitrogens with zero attached hydrogens (tertiary/aromatic N) is 3. The van der Waals surface area contributed by atoms with E-state index in [2.05, 4.69) is 17.2 Å². The number of aryl methyl sites for hydroxylation is 1. The Kier molecular flexibility index (Phi) is 4.69. The zero-order valence-corrected chi connectivity index (χ0v) is 12.1. The smallest absolute Gasteiger partial charge is 0.161 e. The predicted octanol–water partition coefficient (Wildman–Crippen LogP) is 2.31. The van der Waals surface area contributed by atoms with Crippen molar-refractivity contribution in [1.82, 2.24) is 15.0 Å². The molecule has 0 spiro atoms. The first-order chi connectivity index (χ1) is 9.13. The number of ketones is 1. The highest BCUT2D eigenvalue weighted by atomic mass is 16.5. The van der Waals surface area contributed by atoms with Gasteiger partial charge in [0.1, 0.15) is 18.4 Å². The molecular weight excluding hydrogens is 242 g/mol. The molecule has 0 N–H and O–H groups in total. The molecule has 1 aromatic heterocycles. The molecule has 2 rings (SSSR count). The van der Waals surface area contributed by atoms with E-state index in [1.807, 2.05) is 18.5 Å². The third-order valence-electron chi connectivity index (χ3n) is 3.67. The van der Waals surface area contributed by atoms with E-state index >= 15 is 0 Å². The maximum absolute atomic E-state index is 11.7. The van der Waals surface area contributed by atoms with Crippen molar-refractivity contribution in [3.8, 4) is 0 Å². The molecule has 0 aromatic carbocycles. The van der Waals surface area contributed by atoms with Crippen LogP contribution in [0.15, 0.2) is 0 Å². The average molecular weight is 265 g/mol. The average Bonchev–Trinajstić information content (AvgIpc) is 2.70. The number of fused-ring (bicyclic) bond motifs is 1. The Labute approximate surface area is 114 Å². The minimum Gasteiger partial charge on any atom is -0.364 e. The lowest BCUT2D eigenvalue weighted by atomic mass is 10.1. The van der Waals surface area contributed by atoms with Gasteiger partial charge in [-0.05, 0) is 26.2 Å². The molecule has 1 atom stereocenters. The van der Waals surface area contributed by atoms with Crippen LogP contribution in [-0.2, 0) is 22.5 Å².